The first kappa shape index (κ1) is 26.0. The fourth-order valence-corrected chi connectivity index (χ4v) is 3.29. The normalized spacial score (nSPS) is 19.0. The molecule has 0 amide bonds. The number of carboxylic acid groups (broad SMARTS) is 3. The van der Waals surface area contributed by atoms with Gasteiger partial charge in [0.15, 0.2) is 0 Å². The van der Waals surface area contributed by atoms with Gasteiger partial charge >= 0.3 is 17.9 Å². The lowest BCUT2D eigenvalue weighted by molar-refractivity contribution is -0.139. The third-order valence-corrected chi connectivity index (χ3v) is 5.07. The van der Waals surface area contributed by atoms with Gasteiger partial charge in [0.1, 0.15) is 5.78 Å². The third-order valence-electron chi connectivity index (χ3n) is 5.07. The van der Waals surface area contributed by atoms with Crippen LogP contribution in [-0.2, 0) is 19.2 Å². The molecule has 0 aliphatic carbocycles. The number of hydrogen-bond acceptors (Lipinski definition) is 8. The standard InChI is InChI=1S/C19H34N4O7/c1-16(24)2-4-20-6-10-22(14-18(27)28)12-8-21(5-3-17(25)26)9-13-23(11-7-20)15-19(29)30/h2-15H2,1H3,(H,25,26)(H,27,28)(H,29,30). The second-order valence-corrected chi connectivity index (χ2v) is 7.62. The summed E-state index contributed by atoms with van der Waals surface area (Å²) in [7, 11) is 0. The summed E-state index contributed by atoms with van der Waals surface area (Å²) in [5.74, 6) is -2.70. The molecule has 0 saturated carbocycles. The fraction of sp³-hybridized carbons (Fsp3) is 0.789. The van der Waals surface area contributed by atoms with Crippen molar-refractivity contribution in [2.75, 3.05) is 78.5 Å². The monoisotopic (exact) mass is 430 g/mol. The average molecular weight is 431 g/mol. The third kappa shape index (κ3) is 12.5. The first-order valence-electron chi connectivity index (χ1n) is 10.2. The highest BCUT2D eigenvalue weighted by Crippen LogP contribution is 2.03. The number of Topliss-reactive ketones (excluding diaryl/α,β-unsaturated/α-hetero) is 1. The van der Waals surface area contributed by atoms with E-state index in [-0.39, 0.29) is 25.3 Å². The predicted molar refractivity (Wildman–Crippen MR) is 109 cm³/mol. The first-order chi connectivity index (χ1) is 14.2. The summed E-state index contributed by atoms with van der Waals surface area (Å²) in [6, 6.07) is 0. The van der Waals surface area contributed by atoms with Crippen molar-refractivity contribution in [3.05, 3.63) is 0 Å². The molecule has 0 bridgehead atoms. The number of ketones is 1. The molecule has 172 valence electrons. The molecule has 1 aliphatic heterocycles. The van der Waals surface area contributed by atoms with E-state index in [1.54, 1.807) is 0 Å². The highest BCUT2D eigenvalue weighted by atomic mass is 16.4. The zero-order valence-electron chi connectivity index (χ0n) is 17.7. The maximum absolute atomic E-state index is 11.4. The number of aliphatic carboxylic acids is 3. The topological polar surface area (TPSA) is 142 Å². The molecule has 0 spiro atoms. The Morgan fingerprint density at radius 3 is 1.20 bits per heavy atom. The van der Waals surface area contributed by atoms with E-state index in [2.05, 4.69) is 4.90 Å². The molecule has 0 unspecified atom stereocenters. The Morgan fingerprint density at radius 1 is 0.567 bits per heavy atom. The van der Waals surface area contributed by atoms with Crippen molar-refractivity contribution < 1.29 is 34.5 Å². The van der Waals surface area contributed by atoms with Crippen LogP contribution in [0.2, 0.25) is 0 Å². The van der Waals surface area contributed by atoms with Crippen molar-refractivity contribution in [3.8, 4) is 0 Å². The van der Waals surface area contributed by atoms with Crippen LogP contribution >= 0.6 is 0 Å². The van der Waals surface area contributed by atoms with Gasteiger partial charge in [-0.1, -0.05) is 0 Å². The van der Waals surface area contributed by atoms with E-state index in [1.807, 2.05) is 14.7 Å². The molecule has 3 N–H and O–H groups in total. The number of carboxylic acids is 3. The quantitative estimate of drug-likeness (QED) is 0.386. The van der Waals surface area contributed by atoms with Gasteiger partial charge in [-0.25, -0.2) is 0 Å². The van der Waals surface area contributed by atoms with E-state index in [9.17, 15) is 29.4 Å². The van der Waals surface area contributed by atoms with Gasteiger partial charge < -0.3 is 25.1 Å². The molecule has 0 aromatic heterocycles. The molecule has 1 heterocycles. The van der Waals surface area contributed by atoms with Crippen molar-refractivity contribution in [1.29, 1.82) is 0 Å². The summed E-state index contributed by atoms with van der Waals surface area (Å²) in [4.78, 5) is 52.4. The number of nitrogens with zero attached hydrogens (tertiary/aromatic N) is 4. The molecular formula is C19H34N4O7. The predicted octanol–water partition coefficient (Wildman–Crippen LogP) is -1.17. The lowest BCUT2D eigenvalue weighted by atomic mass is 10.2. The van der Waals surface area contributed by atoms with Crippen molar-refractivity contribution in [1.82, 2.24) is 19.6 Å². The Kier molecular flexibility index (Phi) is 12.1. The number of hydrogen-bond donors (Lipinski definition) is 3. The number of carbonyl (C=O) groups is 4. The minimum absolute atomic E-state index is 0.0311. The van der Waals surface area contributed by atoms with Crippen LogP contribution in [0.5, 0.6) is 0 Å². The summed E-state index contributed by atoms with van der Waals surface area (Å²) in [6.45, 7) is 6.20. The Hall–Kier alpha value is -2.08. The second-order valence-electron chi connectivity index (χ2n) is 7.62. The number of carbonyl (C=O) groups excluding carboxylic acids is 1. The van der Waals surface area contributed by atoms with Crippen LogP contribution in [0.15, 0.2) is 0 Å². The van der Waals surface area contributed by atoms with Gasteiger partial charge in [0.25, 0.3) is 0 Å². The van der Waals surface area contributed by atoms with E-state index in [0.717, 1.165) is 0 Å². The van der Waals surface area contributed by atoms with Crippen LogP contribution in [0.3, 0.4) is 0 Å². The van der Waals surface area contributed by atoms with E-state index in [1.165, 1.54) is 6.92 Å². The van der Waals surface area contributed by atoms with Gasteiger partial charge in [-0.2, -0.15) is 0 Å². The zero-order valence-corrected chi connectivity index (χ0v) is 17.7. The fourth-order valence-electron chi connectivity index (χ4n) is 3.29. The van der Waals surface area contributed by atoms with E-state index < -0.39 is 17.9 Å². The number of rotatable bonds is 10. The maximum Gasteiger partial charge on any atom is 0.317 e. The molecule has 1 saturated heterocycles. The SMILES string of the molecule is CC(=O)CCN1CCN(CC(=O)O)CCN(CCC(=O)O)CCN(CC(=O)O)CC1. The minimum Gasteiger partial charge on any atom is -0.481 e. The van der Waals surface area contributed by atoms with Crippen LogP contribution in [0.4, 0.5) is 0 Å². The summed E-state index contributed by atoms with van der Waals surface area (Å²) in [5, 5.41) is 27.4. The smallest absolute Gasteiger partial charge is 0.317 e. The highest BCUT2D eigenvalue weighted by molar-refractivity contribution is 5.75. The van der Waals surface area contributed by atoms with Crippen molar-refractivity contribution >= 4 is 23.7 Å². The van der Waals surface area contributed by atoms with Gasteiger partial charge in [0.05, 0.1) is 19.5 Å². The Labute approximate surface area is 176 Å². The van der Waals surface area contributed by atoms with Crippen LogP contribution in [0.1, 0.15) is 19.8 Å². The molecule has 11 heteroatoms. The Balaban J connectivity index is 2.88. The second kappa shape index (κ2) is 14.0. The van der Waals surface area contributed by atoms with Crippen molar-refractivity contribution in [3.63, 3.8) is 0 Å². The molecule has 0 atom stereocenters. The van der Waals surface area contributed by atoms with Gasteiger partial charge in [-0.3, -0.25) is 29.0 Å². The van der Waals surface area contributed by atoms with Gasteiger partial charge in [-0.15, -0.1) is 0 Å². The van der Waals surface area contributed by atoms with E-state index in [0.29, 0.717) is 71.9 Å². The summed E-state index contributed by atoms with van der Waals surface area (Å²) in [5.41, 5.74) is 0. The lowest BCUT2D eigenvalue weighted by Gasteiger charge is -2.33. The summed E-state index contributed by atoms with van der Waals surface area (Å²) in [6.07, 6.45) is 0.359. The molecule has 11 nitrogen and oxygen atoms in total. The van der Waals surface area contributed by atoms with Gasteiger partial charge in [0, 0.05) is 71.9 Å². The molecule has 30 heavy (non-hydrogen) atoms. The zero-order chi connectivity index (χ0) is 22.5. The average Bonchev–Trinajstić information content (AvgIpc) is 2.63. The van der Waals surface area contributed by atoms with Gasteiger partial charge in [0.2, 0.25) is 0 Å². The molecule has 0 radical (unpaired) electrons. The van der Waals surface area contributed by atoms with E-state index >= 15 is 0 Å². The van der Waals surface area contributed by atoms with Crippen LogP contribution in [0.25, 0.3) is 0 Å². The summed E-state index contributed by atoms with van der Waals surface area (Å²) >= 11 is 0. The largest absolute Gasteiger partial charge is 0.481 e. The molecule has 0 aromatic carbocycles. The van der Waals surface area contributed by atoms with Crippen molar-refractivity contribution in [2.45, 2.75) is 19.8 Å². The molecular weight excluding hydrogens is 396 g/mol. The van der Waals surface area contributed by atoms with Crippen LogP contribution in [-0.4, -0.2) is 137 Å². The molecule has 1 aliphatic rings. The minimum atomic E-state index is -0.929. The van der Waals surface area contributed by atoms with Crippen LogP contribution < -0.4 is 0 Å². The first-order valence-corrected chi connectivity index (χ1v) is 10.2. The molecule has 1 rings (SSSR count). The Morgan fingerprint density at radius 2 is 0.900 bits per heavy atom. The summed E-state index contributed by atoms with van der Waals surface area (Å²) < 4.78 is 0. The molecule has 0 aromatic rings. The lowest BCUT2D eigenvalue weighted by Crippen LogP contribution is -2.48. The van der Waals surface area contributed by atoms with Crippen LogP contribution in [0, 0.1) is 0 Å². The van der Waals surface area contributed by atoms with E-state index in [4.69, 9.17) is 5.11 Å². The van der Waals surface area contributed by atoms with Crippen molar-refractivity contribution in [2.24, 2.45) is 0 Å². The molecule has 1 fully saturated rings. The Bertz CT molecular complexity index is 521. The maximum atomic E-state index is 11.4. The van der Waals surface area contributed by atoms with Gasteiger partial charge in [-0.05, 0) is 6.92 Å². The highest BCUT2D eigenvalue weighted by Gasteiger charge is 2.19.